The summed E-state index contributed by atoms with van der Waals surface area (Å²) in [5.41, 5.74) is 3.05. The minimum absolute atomic E-state index is 0.107. The van der Waals surface area contributed by atoms with Crippen molar-refractivity contribution in [2.24, 2.45) is 0 Å². The average molecular weight is 476 g/mol. The maximum absolute atomic E-state index is 13.2. The van der Waals surface area contributed by atoms with E-state index in [1.807, 2.05) is 12.1 Å². The van der Waals surface area contributed by atoms with Crippen molar-refractivity contribution in [1.29, 1.82) is 0 Å². The summed E-state index contributed by atoms with van der Waals surface area (Å²) in [5, 5.41) is 6.48. The molecular weight excluding hydrogens is 450 g/mol. The molecule has 0 unspecified atom stereocenters. The van der Waals surface area contributed by atoms with E-state index in [1.165, 1.54) is 18.3 Å². The van der Waals surface area contributed by atoms with Crippen LogP contribution in [0, 0.1) is 20.8 Å². The molecule has 0 saturated carbocycles. The first-order valence-electron chi connectivity index (χ1n) is 9.96. The number of aryl methyl sites for hydroxylation is 3. The summed E-state index contributed by atoms with van der Waals surface area (Å²) in [6.45, 7) is 11.4. The minimum Gasteiger partial charge on any atom is -0.361 e. The van der Waals surface area contributed by atoms with Crippen molar-refractivity contribution in [3.05, 3.63) is 69.6 Å². The third-order valence-corrected chi connectivity index (χ3v) is 7.06. The normalized spacial score (nSPS) is 12.0. The average Bonchev–Trinajstić information content (AvgIpc) is 3.08. The van der Waals surface area contributed by atoms with Crippen LogP contribution in [0.15, 0.2) is 45.9 Å². The van der Waals surface area contributed by atoms with Crippen LogP contribution in [0.4, 0.5) is 11.4 Å². The highest BCUT2D eigenvalue weighted by molar-refractivity contribution is 7.92. The lowest BCUT2D eigenvalue weighted by atomic mass is 9.85. The molecule has 0 aliphatic carbocycles. The van der Waals surface area contributed by atoms with Crippen LogP contribution < -0.4 is 10.0 Å². The van der Waals surface area contributed by atoms with Crippen molar-refractivity contribution < 1.29 is 17.7 Å². The topological polar surface area (TPSA) is 101 Å². The van der Waals surface area contributed by atoms with Gasteiger partial charge in [0.1, 0.15) is 11.3 Å². The molecule has 0 fully saturated rings. The van der Waals surface area contributed by atoms with Crippen molar-refractivity contribution in [3.63, 3.8) is 0 Å². The second kappa shape index (κ2) is 8.60. The molecule has 2 aromatic carbocycles. The van der Waals surface area contributed by atoms with E-state index >= 15 is 0 Å². The molecule has 1 aromatic heterocycles. The highest BCUT2D eigenvalue weighted by Crippen LogP contribution is 2.32. The number of halogens is 1. The summed E-state index contributed by atoms with van der Waals surface area (Å²) in [7, 11) is -3.93. The van der Waals surface area contributed by atoms with E-state index in [-0.39, 0.29) is 26.6 Å². The molecule has 9 heteroatoms. The molecule has 2 N–H and O–H groups in total. The molecule has 0 bridgehead atoms. The number of aromatic nitrogens is 1. The van der Waals surface area contributed by atoms with Crippen LogP contribution in [-0.4, -0.2) is 19.5 Å². The van der Waals surface area contributed by atoms with Gasteiger partial charge in [0.2, 0.25) is 0 Å². The first-order valence-corrected chi connectivity index (χ1v) is 11.8. The predicted molar refractivity (Wildman–Crippen MR) is 126 cm³/mol. The Morgan fingerprint density at radius 1 is 1.06 bits per heavy atom. The Morgan fingerprint density at radius 3 is 2.22 bits per heavy atom. The third kappa shape index (κ3) is 4.97. The predicted octanol–water partition coefficient (Wildman–Crippen LogP) is 5.60. The van der Waals surface area contributed by atoms with Crippen LogP contribution in [0.2, 0.25) is 5.02 Å². The molecule has 0 saturated heterocycles. The minimum atomic E-state index is -3.93. The molecule has 1 amide bonds. The van der Waals surface area contributed by atoms with Crippen LogP contribution in [0.1, 0.15) is 53.6 Å². The van der Waals surface area contributed by atoms with E-state index in [2.05, 4.69) is 36.0 Å². The van der Waals surface area contributed by atoms with E-state index < -0.39 is 15.9 Å². The molecule has 1 heterocycles. The Kier molecular flexibility index (Phi) is 6.40. The summed E-state index contributed by atoms with van der Waals surface area (Å²) >= 11 is 6.25. The molecular formula is C23H26ClN3O4S. The standard InChI is InChI=1S/C23H26ClN3O4S/c1-13-9-16(23(4,5)6)10-14(2)21(13)32(29,30)27-20-11-17(7-8-19(20)24)26-22(28)18-12-25-31-15(18)3/h7-12,27H,1-6H3,(H,26,28). The van der Waals surface area contributed by atoms with Crippen LogP contribution in [0.25, 0.3) is 0 Å². The van der Waals surface area contributed by atoms with Crippen molar-refractivity contribution in [2.75, 3.05) is 10.0 Å². The fraction of sp³-hybridized carbons (Fsp3) is 0.304. The molecule has 32 heavy (non-hydrogen) atoms. The van der Waals surface area contributed by atoms with Crippen LogP contribution in [0.3, 0.4) is 0 Å². The van der Waals surface area contributed by atoms with E-state index in [9.17, 15) is 13.2 Å². The van der Waals surface area contributed by atoms with Gasteiger partial charge in [-0.15, -0.1) is 0 Å². The number of carbonyl (C=O) groups is 1. The first-order chi connectivity index (χ1) is 14.8. The van der Waals surface area contributed by atoms with Gasteiger partial charge in [0.15, 0.2) is 0 Å². The number of carbonyl (C=O) groups excluding carboxylic acids is 1. The zero-order valence-electron chi connectivity index (χ0n) is 18.8. The van der Waals surface area contributed by atoms with Gasteiger partial charge in [-0.3, -0.25) is 9.52 Å². The number of benzene rings is 2. The smallest absolute Gasteiger partial charge is 0.262 e. The second-order valence-corrected chi connectivity index (χ2v) is 10.8. The Labute approximate surface area is 193 Å². The van der Waals surface area contributed by atoms with Gasteiger partial charge in [-0.25, -0.2) is 8.42 Å². The molecule has 170 valence electrons. The Hall–Kier alpha value is -2.84. The fourth-order valence-electron chi connectivity index (χ4n) is 3.40. The van der Waals surface area contributed by atoms with Gasteiger partial charge >= 0.3 is 0 Å². The zero-order valence-corrected chi connectivity index (χ0v) is 20.4. The van der Waals surface area contributed by atoms with E-state index in [0.717, 1.165) is 5.56 Å². The molecule has 0 radical (unpaired) electrons. The lowest BCUT2D eigenvalue weighted by Gasteiger charge is -2.22. The second-order valence-electron chi connectivity index (χ2n) is 8.74. The van der Waals surface area contributed by atoms with E-state index in [1.54, 1.807) is 26.8 Å². The number of amides is 1. The van der Waals surface area contributed by atoms with Crippen LogP contribution >= 0.6 is 11.6 Å². The van der Waals surface area contributed by atoms with Gasteiger partial charge < -0.3 is 9.84 Å². The van der Waals surface area contributed by atoms with E-state index in [0.29, 0.717) is 22.6 Å². The number of nitrogens with zero attached hydrogens (tertiary/aromatic N) is 1. The monoisotopic (exact) mass is 475 g/mol. The molecule has 0 aliphatic heterocycles. The summed E-state index contributed by atoms with van der Waals surface area (Å²) in [6, 6.07) is 8.34. The maximum atomic E-state index is 13.2. The van der Waals surface area contributed by atoms with Gasteiger partial charge in [0, 0.05) is 5.69 Å². The van der Waals surface area contributed by atoms with Crippen LogP contribution in [-0.2, 0) is 15.4 Å². The number of nitrogens with one attached hydrogen (secondary N) is 2. The molecule has 0 atom stereocenters. The fourth-order valence-corrected chi connectivity index (χ4v) is 5.15. The van der Waals surface area contributed by atoms with Gasteiger partial charge in [0.25, 0.3) is 15.9 Å². The first kappa shape index (κ1) is 23.8. The number of hydrogen-bond acceptors (Lipinski definition) is 5. The van der Waals surface area contributed by atoms with Gasteiger partial charge in [-0.1, -0.05) is 49.7 Å². The summed E-state index contributed by atoms with van der Waals surface area (Å²) in [6.07, 6.45) is 1.32. The molecule has 0 aliphatic rings. The number of anilines is 2. The van der Waals surface area contributed by atoms with Gasteiger partial charge in [0.05, 0.1) is 21.8 Å². The van der Waals surface area contributed by atoms with Crippen molar-refractivity contribution in [3.8, 4) is 0 Å². The lowest BCUT2D eigenvalue weighted by molar-refractivity contribution is 0.102. The quantitative estimate of drug-likeness (QED) is 0.499. The largest absolute Gasteiger partial charge is 0.361 e. The van der Waals surface area contributed by atoms with Gasteiger partial charge in [-0.05, 0) is 61.1 Å². The molecule has 3 aromatic rings. The highest BCUT2D eigenvalue weighted by Gasteiger charge is 2.24. The highest BCUT2D eigenvalue weighted by atomic mass is 35.5. The molecule has 0 spiro atoms. The summed E-state index contributed by atoms with van der Waals surface area (Å²) < 4.78 is 34.0. The number of rotatable bonds is 5. The number of hydrogen-bond donors (Lipinski definition) is 2. The molecule has 7 nitrogen and oxygen atoms in total. The van der Waals surface area contributed by atoms with E-state index in [4.69, 9.17) is 16.1 Å². The number of sulfonamides is 1. The van der Waals surface area contributed by atoms with Crippen molar-refractivity contribution in [1.82, 2.24) is 5.16 Å². The van der Waals surface area contributed by atoms with Crippen molar-refractivity contribution >= 4 is 38.9 Å². The Bertz CT molecular complexity index is 1270. The SMILES string of the molecule is Cc1cc(C(C)(C)C)cc(C)c1S(=O)(=O)Nc1cc(NC(=O)c2cnoc2C)ccc1Cl. The zero-order chi connectivity index (χ0) is 23.8. The third-order valence-electron chi connectivity index (χ3n) is 5.06. The Morgan fingerprint density at radius 2 is 1.69 bits per heavy atom. The van der Waals surface area contributed by atoms with Gasteiger partial charge in [-0.2, -0.15) is 0 Å². The van der Waals surface area contributed by atoms with Crippen molar-refractivity contribution in [2.45, 2.75) is 51.9 Å². The summed E-state index contributed by atoms with van der Waals surface area (Å²) in [5.74, 6) is -0.0496. The summed E-state index contributed by atoms with van der Waals surface area (Å²) in [4.78, 5) is 12.6. The molecule has 3 rings (SSSR count). The Balaban J connectivity index is 1.92. The lowest BCUT2D eigenvalue weighted by Crippen LogP contribution is -2.19. The van der Waals surface area contributed by atoms with Crippen LogP contribution in [0.5, 0.6) is 0 Å². The maximum Gasteiger partial charge on any atom is 0.262 e.